The predicted molar refractivity (Wildman–Crippen MR) is 117 cm³/mol. The molecule has 1 nitrogen and oxygen atoms in total. The van der Waals surface area contributed by atoms with Gasteiger partial charge < -0.3 is 5.73 Å². The first-order chi connectivity index (χ1) is 13.3. The molecule has 0 aromatic heterocycles. The standard InChI is InChI=1S/C26H19N/c27-26-16-24(22-11-9-18-5-1-3-7-20(18)13-22)15-25(17-26)23-12-10-19-6-2-4-8-21(19)14-23/h1-17H,27H2. The molecule has 0 heterocycles. The van der Waals surface area contributed by atoms with Crippen LogP contribution in [0.1, 0.15) is 0 Å². The maximum Gasteiger partial charge on any atom is 0.0326 e. The van der Waals surface area contributed by atoms with E-state index < -0.39 is 0 Å². The van der Waals surface area contributed by atoms with Crippen molar-refractivity contribution in [2.75, 3.05) is 5.73 Å². The van der Waals surface area contributed by atoms with Gasteiger partial charge in [0.05, 0.1) is 0 Å². The smallest absolute Gasteiger partial charge is 0.0326 e. The molecule has 0 aliphatic rings. The highest BCUT2D eigenvalue weighted by Crippen LogP contribution is 2.32. The summed E-state index contributed by atoms with van der Waals surface area (Å²) in [5.74, 6) is 0. The number of fused-ring (bicyclic) bond motifs is 2. The van der Waals surface area contributed by atoms with Crippen LogP contribution in [0.15, 0.2) is 103 Å². The van der Waals surface area contributed by atoms with Crippen LogP contribution in [-0.4, -0.2) is 0 Å². The summed E-state index contributed by atoms with van der Waals surface area (Å²) in [6, 6.07) is 36.3. The van der Waals surface area contributed by atoms with Crippen LogP contribution < -0.4 is 5.73 Å². The van der Waals surface area contributed by atoms with Crippen molar-refractivity contribution in [3.63, 3.8) is 0 Å². The third-order valence-corrected chi connectivity index (χ3v) is 5.12. The van der Waals surface area contributed by atoms with Gasteiger partial charge in [-0.05, 0) is 74.1 Å². The fraction of sp³-hybridized carbons (Fsp3) is 0. The maximum atomic E-state index is 6.26. The van der Waals surface area contributed by atoms with Crippen molar-refractivity contribution in [1.82, 2.24) is 0 Å². The normalized spacial score (nSPS) is 11.1. The van der Waals surface area contributed by atoms with E-state index in [0.29, 0.717) is 0 Å². The predicted octanol–water partition coefficient (Wildman–Crippen LogP) is 6.91. The summed E-state index contributed by atoms with van der Waals surface area (Å²) in [6.07, 6.45) is 0. The van der Waals surface area contributed by atoms with Crippen LogP contribution in [0.25, 0.3) is 43.8 Å². The van der Waals surface area contributed by atoms with E-state index >= 15 is 0 Å². The Bertz CT molecular complexity index is 1190. The second kappa shape index (κ2) is 6.30. The quantitative estimate of drug-likeness (QED) is 0.346. The molecule has 0 unspecified atom stereocenters. The Balaban J connectivity index is 1.64. The summed E-state index contributed by atoms with van der Waals surface area (Å²) < 4.78 is 0. The maximum absolute atomic E-state index is 6.26. The molecule has 0 atom stereocenters. The van der Waals surface area contributed by atoms with Gasteiger partial charge in [0.2, 0.25) is 0 Å². The summed E-state index contributed by atoms with van der Waals surface area (Å²) in [7, 11) is 0. The Labute approximate surface area is 158 Å². The molecule has 0 saturated carbocycles. The third-order valence-electron chi connectivity index (χ3n) is 5.12. The lowest BCUT2D eigenvalue weighted by atomic mass is 9.95. The minimum absolute atomic E-state index is 0.781. The lowest BCUT2D eigenvalue weighted by molar-refractivity contribution is 1.60. The zero-order chi connectivity index (χ0) is 18.2. The van der Waals surface area contributed by atoms with Crippen molar-refractivity contribution in [2.45, 2.75) is 0 Å². The molecule has 0 bridgehead atoms. The number of nitrogens with two attached hydrogens (primary N) is 1. The van der Waals surface area contributed by atoms with Gasteiger partial charge in [-0.25, -0.2) is 0 Å². The van der Waals surface area contributed by atoms with Crippen molar-refractivity contribution < 1.29 is 0 Å². The Hall–Kier alpha value is -3.58. The second-order valence-electron chi connectivity index (χ2n) is 6.97. The first-order valence-corrected chi connectivity index (χ1v) is 9.15. The lowest BCUT2D eigenvalue weighted by Gasteiger charge is -2.10. The van der Waals surface area contributed by atoms with Crippen LogP contribution in [0.3, 0.4) is 0 Å². The van der Waals surface area contributed by atoms with Crippen molar-refractivity contribution in [3.05, 3.63) is 103 Å². The van der Waals surface area contributed by atoms with E-state index in [1.54, 1.807) is 0 Å². The second-order valence-corrected chi connectivity index (χ2v) is 6.97. The molecule has 5 rings (SSSR count). The van der Waals surface area contributed by atoms with Gasteiger partial charge in [0.25, 0.3) is 0 Å². The van der Waals surface area contributed by atoms with Crippen LogP contribution in [0.4, 0.5) is 5.69 Å². The summed E-state index contributed by atoms with van der Waals surface area (Å²) in [5.41, 5.74) is 11.7. The van der Waals surface area contributed by atoms with Crippen molar-refractivity contribution >= 4 is 27.2 Å². The van der Waals surface area contributed by atoms with Crippen LogP contribution in [-0.2, 0) is 0 Å². The topological polar surface area (TPSA) is 26.0 Å². The average Bonchev–Trinajstić information content (AvgIpc) is 2.72. The largest absolute Gasteiger partial charge is 0.399 e. The molecule has 2 N–H and O–H groups in total. The van der Waals surface area contributed by atoms with Gasteiger partial charge in [0, 0.05) is 5.69 Å². The fourth-order valence-corrected chi connectivity index (χ4v) is 3.72. The monoisotopic (exact) mass is 345 g/mol. The van der Waals surface area contributed by atoms with Crippen LogP contribution >= 0.6 is 0 Å². The van der Waals surface area contributed by atoms with Crippen LogP contribution in [0.2, 0.25) is 0 Å². The number of rotatable bonds is 2. The molecular formula is C26H19N. The Morgan fingerprint density at radius 1 is 0.370 bits per heavy atom. The highest BCUT2D eigenvalue weighted by Gasteiger charge is 2.06. The molecule has 27 heavy (non-hydrogen) atoms. The molecule has 0 radical (unpaired) electrons. The molecule has 0 saturated heterocycles. The van der Waals surface area contributed by atoms with Crippen LogP contribution in [0.5, 0.6) is 0 Å². The highest BCUT2D eigenvalue weighted by atomic mass is 14.5. The Morgan fingerprint density at radius 3 is 1.30 bits per heavy atom. The number of hydrogen-bond donors (Lipinski definition) is 1. The molecule has 0 spiro atoms. The van der Waals surface area contributed by atoms with Gasteiger partial charge in [0.1, 0.15) is 0 Å². The van der Waals surface area contributed by atoms with E-state index in [9.17, 15) is 0 Å². The van der Waals surface area contributed by atoms with Crippen molar-refractivity contribution in [2.24, 2.45) is 0 Å². The zero-order valence-corrected chi connectivity index (χ0v) is 14.9. The Kier molecular flexibility index (Phi) is 3.65. The molecule has 0 fully saturated rings. The van der Waals surface area contributed by atoms with E-state index in [2.05, 4.69) is 103 Å². The molecule has 128 valence electrons. The van der Waals surface area contributed by atoms with E-state index in [-0.39, 0.29) is 0 Å². The molecule has 0 amide bonds. The fourth-order valence-electron chi connectivity index (χ4n) is 3.72. The first kappa shape index (κ1) is 15.7. The number of benzene rings is 5. The number of anilines is 1. The van der Waals surface area contributed by atoms with E-state index in [4.69, 9.17) is 5.73 Å². The minimum atomic E-state index is 0.781. The third kappa shape index (κ3) is 2.94. The van der Waals surface area contributed by atoms with Crippen LogP contribution in [0, 0.1) is 0 Å². The number of nitrogen functional groups attached to an aromatic ring is 1. The lowest BCUT2D eigenvalue weighted by Crippen LogP contribution is -1.89. The Morgan fingerprint density at radius 2 is 0.815 bits per heavy atom. The molecule has 5 aromatic rings. The van der Waals surface area contributed by atoms with Crippen molar-refractivity contribution in [1.29, 1.82) is 0 Å². The minimum Gasteiger partial charge on any atom is -0.399 e. The zero-order valence-electron chi connectivity index (χ0n) is 14.9. The van der Waals surface area contributed by atoms with E-state index in [1.807, 2.05) is 0 Å². The molecule has 5 aromatic carbocycles. The summed E-state index contributed by atoms with van der Waals surface area (Å²) in [5, 5.41) is 4.98. The van der Waals surface area contributed by atoms with Gasteiger partial charge in [-0.15, -0.1) is 0 Å². The summed E-state index contributed by atoms with van der Waals surface area (Å²) in [6.45, 7) is 0. The highest BCUT2D eigenvalue weighted by molar-refractivity contribution is 5.90. The molecule has 0 aliphatic heterocycles. The molecule has 0 aliphatic carbocycles. The average molecular weight is 345 g/mol. The number of hydrogen-bond acceptors (Lipinski definition) is 1. The van der Waals surface area contributed by atoms with Gasteiger partial charge in [0.15, 0.2) is 0 Å². The van der Waals surface area contributed by atoms with Gasteiger partial charge in [-0.3, -0.25) is 0 Å². The SMILES string of the molecule is Nc1cc(-c2ccc3ccccc3c2)cc(-c2ccc3ccccc3c2)c1. The van der Waals surface area contributed by atoms with E-state index in [0.717, 1.165) is 16.8 Å². The molecular weight excluding hydrogens is 326 g/mol. The van der Waals surface area contributed by atoms with Crippen molar-refractivity contribution in [3.8, 4) is 22.3 Å². The first-order valence-electron chi connectivity index (χ1n) is 9.15. The summed E-state index contributed by atoms with van der Waals surface area (Å²) in [4.78, 5) is 0. The summed E-state index contributed by atoms with van der Waals surface area (Å²) >= 11 is 0. The van der Waals surface area contributed by atoms with Gasteiger partial charge >= 0.3 is 0 Å². The van der Waals surface area contributed by atoms with Gasteiger partial charge in [-0.2, -0.15) is 0 Å². The van der Waals surface area contributed by atoms with E-state index in [1.165, 1.54) is 32.7 Å². The molecule has 1 heteroatoms. The van der Waals surface area contributed by atoms with Gasteiger partial charge in [-0.1, -0.05) is 72.8 Å².